The summed E-state index contributed by atoms with van der Waals surface area (Å²) in [6.45, 7) is 12.5. The third-order valence-electron chi connectivity index (χ3n) is 4.07. The van der Waals surface area contributed by atoms with Gasteiger partial charge in [-0.05, 0) is 39.2 Å². The third-order valence-corrected chi connectivity index (χ3v) is 4.07. The minimum atomic E-state index is -0.203. The van der Waals surface area contributed by atoms with Gasteiger partial charge in [-0.15, -0.1) is 0 Å². The van der Waals surface area contributed by atoms with E-state index in [2.05, 4.69) is 45.3 Å². The van der Waals surface area contributed by atoms with Crippen molar-refractivity contribution in [3.05, 3.63) is 0 Å². The van der Waals surface area contributed by atoms with Gasteiger partial charge >= 0.3 is 0 Å². The maximum Gasteiger partial charge on any atom is 0.228 e. The van der Waals surface area contributed by atoms with Crippen molar-refractivity contribution in [2.24, 2.45) is 11.3 Å². The Bertz CT molecular complexity index is 265. The zero-order valence-electron chi connectivity index (χ0n) is 12.0. The lowest BCUT2D eigenvalue weighted by Gasteiger charge is -2.36. The summed E-state index contributed by atoms with van der Waals surface area (Å²) in [7, 11) is 0. The first kappa shape index (κ1) is 14.5. The summed E-state index contributed by atoms with van der Waals surface area (Å²) < 4.78 is 0. The van der Waals surface area contributed by atoms with Crippen molar-refractivity contribution >= 4 is 5.91 Å². The molecule has 1 amide bonds. The Morgan fingerprint density at radius 3 is 2.53 bits per heavy atom. The number of carbonyl (C=O) groups excluding carboxylic acids is 1. The molecule has 3 heteroatoms. The zero-order chi connectivity index (χ0) is 13.1. The Balaban J connectivity index is 2.73. The molecule has 0 aliphatic carbocycles. The van der Waals surface area contributed by atoms with E-state index >= 15 is 0 Å². The monoisotopic (exact) mass is 240 g/mol. The molecule has 1 fully saturated rings. The molecule has 0 saturated carbocycles. The molecule has 0 aromatic carbocycles. The SMILES string of the molecule is CCCC(C)(C)NC(=O)C1(C(C)C)CCNC1. The molecule has 1 heterocycles. The van der Waals surface area contributed by atoms with Gasteiger partial charge in [-0.1, -0.05) is 27.2 Å². The molecular weight excluding hydrogens is 212 g/mol. The molecule has 17 heavy (non-hydrogen) atoms. The molecule has 1 aliphatic rings. The highest BCUT2D eigenvalue weighted by atomic mass is 16.2. The van der Waals surface area contributed by atoms with Crippen molar-refractivity contribution in [3.8, 4) is 0 Å². The van der Waals surface area contributed by atoms with Gasteiger partial charge in [0.1, 0.15) is 0 Å². The molecule has 100 valence electrons. The summed E-state index contributed by atoms with van der Waals surface area (Å²) in [5, 5.41) is 6.57. The van der Waals surface area contributed by atoms with E-state index < -0.39 is 0 Å². The van der Waals surface area contributed by atoms with Gasteiger partial charge in [-0.25, -0.2) is 0 Å². The largest absolute Gasteiger partial charge is 0.351 e. The standard InChI is InChI=1S/C14H28N2O/c1-6-7-13(4,5)16-12(17)14(11(2)3)8-9-15-10-14/h11,15H,6-10H2,1-5H3,(H,16,17). The molecule has 0 aromatic rings. The van der Waals surface area contributed by atoms with E-state index in [1.54, 1.807) is 0 Å². The van der Waals surface area contributed by atoms with E-state index in [-0.39, 0.29) is 16.9 Å². The Morgan fingerprint density at radius 2 is 2.12 bits per heavy atom. The van der Waals surface area contributed by atoms with Crippen LogP contribution in [0.1, 0.15) is 53.9 Å². The average Bonchev–Trinajstić information content (AvgIpc) is 2.65. The van der Waals surface area contributed by atoms with Gasteiger partial charge in [0.05, 0.1) is 5.41 Å². The summed E-state index contributed by atoms with van der Waals surface area (Å²) >= 11 is 0. The predicted molar refractivity (Wildman–Crippen MR) is 71.9 cm³/mol. The number of rotatable bonds is 5. The molecule has 0 spiro atoms. The lowest BCUT2D eigenvalue weighted by molar-refractivity contribution is -0.134. The quantitative estimate of drug-likeness (QED) is 0.774. The Kier molecular flexibility index (Phi) is 4.59. The summed E-state index contributed by atoms with van der Waals surface area (Å²) in [5.74, 6) is 0.617. The third kappa shape index (κ3) is 3.21. The molecule has 0 radical (unpaired) electrons. The molecule has 2 N–H and O–H groups in total. The molecule has 1 unspecified atom stereocenters. The first-order valence-electron chi connectivity index (χ1n) is 6.87. The average molecular weight is 240 g/mol. The van der Waals surface area contributed by atoms with E-state index in [0.29, 0.717) is 5.92 Å². The molecule has 0 bridgehead atoms. The molecule has 1 rings (SSSR count). The number of nitrogens with one attached hydrogen (secondary N) is 2. The van der Waals surface area contributed by atoms with Gasteiger partial charge in [0, 0.05) is 12.1 Å². The van der Waals surface area contributed by atoms with Crippen LogP contribution >= 0.6 is 0 Å². The lowest BCUT2D eigenvalue weighted by Crippen LogP contribution is -2.53. The van der Waals surface area contributed by atoms with E-state index in [0.717, 1.165) is 32.4 Å². The normalized spacial score (nSPS) is 25.3. The van der Waals surface area contributed by atoms with Crippen molar-refractivity contribution < 1.29 is 4.79 Å². The van der Waals surface area contributed by atoms with E-state index in [1.807, 2.05) is 0 Å². The highest BCUT2D eigenvalue weighted by molar-refractivity contribution is 5.84. The number of hydrogen-bond acceptors (Lipinski definition) is 2. The fourth-order valence-electron chi connectivity index (χ4n) is 2.78. The van der Waals surface area contributed by atoms with Gasteiger partial charge in [0.25, 0.3) is 0 Å². The molecule has 1 saturated heterocycles. The second kappa shape index (κ2) is 5.38. The van der Waals surface area contributed by atoms with Crippen LogP contribution in [0.3, 0.4) is 0 Å². The fourth-order valence-corrected chi connectivity index (χ4v) is 2.78. The van der Waals surface area contributed by atoms with Gasteiger partial charge in [0.2, 0.25) is 5.91 Å². The zero-order valence-corrected chi connectivity index (χ0v) is 12.0. The Morgan fingerprint density at radius 1 is 1.47 bits per heavy atom. The molecule has 1 atom stereocenters. The topological polar surface area (TPSA) is 41.1 Å². The first-order chi connectivity index (χ1) is 7.84. The van der Waals surface area contributed by atoms with Gasteiger partial charge < -0.3 is 10.6 Å². The van der Waals surface area contributed by atoms with Crippen LogP contribution in [0.5, 0.6) is 0 Å². The van der Waals surface area contributed by atoms with Crippen LogP contribution in [-0.2, 0) is 4.79 Å². The van der Waals surface area contributed by atoms with Crippen LogP contribution in [0.2, 0.25) is 0 Å². The minimum Gasteiger partial charge on any atom is -0.351 e. The van der Waals surface area contributed by atoms with Gasteiger partial charge in [-0.2, -0.15) is 0 Å². The van der Waals surface area contributed by atoms with Crippen molar-refractivity contribution in [1.29, 1.82) is 0 Å². The summed E-state index contributed by atoms with van der Waals surface area (Å²) in [6.07, 6.45) is 3.08. The highest BCUT2D eigenvalue weighted by Gasteiger charge is 2.45. The van der Waals surface area contributed by atoms with Crippen LogP contribution < -0.4 is 10.6 Å². The van der Waals surface area contributed by atoms with Crippen molar-refractivity contribution in [3.63, 3.8) is 0 Å². The van der Waals surface area contributed by atoms with Crippen molar-refractivity contribution in [2.45, 2.75) is 59.4 Å². The molecule has 1 aliphatic heterocycles. The van der Waals surface area contributed by atoms with Crippen LogP contribution in [0.15, 0.2) is 0 Å². The Hall–Kier alpha value is -0.570. The number of amides is 1. The molecular formula is C14H28N2O. The van der Waals surface area contributed by atoms with E-state index in [1.165, 1.54) is 0 Å². The summed E-state index contributed by atoms with van der Waals surface area (Å²) in [4.78, 5) is 12.5. The predicted octanol–water partition coefficient (Wildman–Crippen LogP) is 2.32. The minimum absolute atomic E-state index is 0.0870. The second-order valence-corrected chi connectivity index (χ2v) is 6.33. The lowest BCUT2D eigenvalue weighted by atomic mass is 9.75. The van der Waals surface area contributed by atoms with Crippen LogP contribution in [0, 0.1) is 11.3 Å². The van der Waals surface area contributed by atoms with E-state index in [4.69, 9.17) is 0 Å². The number of hydrogen-bond donors (Lipinski definition) is 2. The highest BCUT2D eigenvalue weighted by Crippen LogP contribution is 2.35. The smallest absolute Gasteiger partial charge is 0.228 e. The van der Waals surface area contributed by atoms with Crippen LogP contribution in [0.4, 0.5) is 0 Å². The summed E-state index contributed by atoms with van der Waals surface area (Å²) in [5.41, 5.74) is -0.290. The Labute approximate surface area is 106 Å². The van der Waals surface area contributed by atoms with Crippen LogP contribution in [0.25, 0.3) is 0 Å². The first-order valence-corrected chi connectivity index (χ1v) is 6.87. The maximum absolute atomic E-state index is 12.5. The molecule has 0 aromatic heterocycles. The maximum atomic E-state index is 12.5. The molecule has 3 nitrogen and oxygen atoms in total. The van der Waals surface area contributed by atoms with Crippen molar-refractivity contribution in [1.82, 2.24) is 10.6 Å². The second-order valence-electron chi connectivity index (χ2n) is 6.33. The van der Waals surface area contributed by atoms with Gasteiger partial charge in [0.15, 0.2) is 0 Å². The van der Waals surface area contributed by atoms with Crippen molar-refractivity contribution in [2.75, 3.05) is 13.1 Å². The number of carbonyl (C=O) groups is 1. The van der Waals surface area contributed by atoms with Gasteiger partial charge in [-0.3, -0.25) is 4.79 Å². The summed E-state index contributed by atoms with van der Waals surface area (Å²) in [6, 6.07) is 0. The fraction of sp³-hybridized carbons (Fsp3) is 0.929. The van der Waals surface area contributed by atoms with E-state index in [9.17, 15) is 4.79 Å². The van der Waals surface area contributed by atoms with Crippen LogP contribution in [-0.4, -0.2) is 24.5 Å².